The van der Waals surface area contributed by atoms with Crippen molar-refractivity contribution in [3.63, 3.8) is 0 Å². The lowest BCUT2D eigenvalue weighted by atomic mass is 10.1. The molecular formula is C13H17N3O3. The number of nitrogens with two attached hydrogens (primary N) is 2. The van der Waals surface area contributed by atoms with Gasteiger partial charge in [0.15, 0.2) is 0 Å². The molecular weight excluding hydrogens is 246 g/mol. The predicted molar refractivity (Wildman–Crippen MR) is 70.5 cm³/mol. The smallest absolute Gasteiger partial charge is 0.253 e. The second-order valence-corrected chi connectivity index (χ2v) is 4.46. The van der Waals surface area contributed by atoms with Crippen LogP contribution in [0.3, 0.4) is 0 Å². The Bertz CT molecular complexity index is 490. The standard InChI is InChI=1S/C13H17N3O3/c14-7-8-5-6-11(19-8)13(18)16-10-4-2-1-3-9(10)12(15)17/h1-4,8,11H,5-7,14H2,(H2,15,17)(H,16,18)/t8-,11+/m1/s1. The molecule has 0 unspecified atom stereocenters. The van der Waals surface area contributed by atoms with Gasteiger partial charge in [0, 0.05) is 6.54 Å². The molecule has 1 saturated heterocycles. The summed E-state index contributed by atoms with van der Waals surface area (Å²) in [5.74, 6) is -0.854. The lowest BCUT2D eigenvalue weighted by molar-refractivity contribution is -0.126. The van der Waals surface area contributed by atoms with E-state index in [4.69, 9.17) is 16.2 Å². The number of nitrogens with one attached hydrogen (secondary N) is 1. The van der Waals surface area contributed by atoms with Gasteiger partial charge in [-0.3, -0.25) is 9.59 Å². The van der Waals surface area contributed by atoms with Crippen LogP contribution in [0.4, 0.5) is 5.69 Å². The molecule has 1 aromatic rings. The third kappa shape index (κ3) is 3.10. The van der Waals surface area contributed by atoms with Crippen molar-refractivity contribution in [3.8, 4) is 0 Å². The molecule has 6 heteroatoms. The monoisotopic (exact) mass is 263 g/mol. The summed E-state index contributed by atoms with van der Waals surface area (Å²) in [7, 11) is 0. The van der Waals surface area contributed by atoms with Gasteiger partial charge in [-0.2, -0.15) is 0 Å². The van der Waals surface area contributed by atoms with E-state index in [0.717, 1.165) is 6.42 Å². The SMILES string of the molecule is NC[C@H]1CC[C@@H](C(=O)Nc2ccccc2C(N)=O)O1. The van der Waals surface area contributed by atoms with E-state index < -0.39 is 12.0 Å². The highest BCUT2D eigenvalue weighted by Gasteiger charge is 2.30. The number of benzene rings is 1. The van der Waals surface area contributed by atoms with Gasteiger partial charge in [-0.25, -0.2) is 0 Å². The lowest BCUT2D eigenvalue weighted by Crippen LogP contribution is -2.30. The van der Waals surface area contributed by atoms with Crippen LogP contribution in [0.25, 0.3) is 0 Å². The molecule has 0 aliphatic carbocycles. The molecule has 0 spiro atoms. The second kappa shape index (κ2) is 5.81. The zero-order chi connectivity index (χ0) is 13.8. The van der Waals surface area contributed by atoms with Crippen molar-refractivity contribution in [1.29, 1.82) is 0 Å². The van der Waals surface area contributed by atoms with Crippen LogP contribution in [0.1, 0.15) is 23.2 Å². The molecule has 1 heterocycles. The predicted octanol–water partition coefficient (Wildman–Crippen LogP) is 0.230. The molecule has 6 nitrogen and oxygen atoms in total. The zero-order valence-electron chi connectivity index (χ0n) is 10.5. The van der Waals surface area contributed by atoms with Crippen molar-refractivity contribution in [2.24, 2.45) is 11.5 Å². The summed E-state index contributed by atoms with van der Waals surface area (Å²) in [4.78, 5) is 23.3. The minimum atomic E-state index is -0.580. The Balaban J connectivity index is 2.05. The molecule has 1 aromatic carbocycles. The Morgan fingerprint density at radius 3 is 2.68 bits per heavy atom. The first-order chi connectivity index (χ1) is 9.11. The molecule has 0 saturated carbocycles. The highest BCUT2D eigenvalue weighted by molar-refractivity contribution is 6.04. The van der Waals surface area contributed by atoms with Gasteiger partial charge >= 0.3 is 0 Å². The van der Waals surface area contributed by atoms with Crippen LogP contribution < -0.4 is 16.8 Å². The number of anilines is 1. The largest absolute Gasteiger partial charge is 0.366 e. The third-order valence-corrected chi connectivity index (χ3v) is 3.11. The van der Waals surface area contributed by atoms with Crippen molar-refractivity contribution in [3.05, 3.63) is 29.8 Å². The quantitative estimate of drug-likeness (QED) is 0.722. The molecule has 1 aliphatic rings. The normalized spacial score (nSPS) is 22.2. The number of carbonyl (C=O) groups excluding carboxylic acids is 2. The molecule has 0 bridgehead atoms. The number of carbonyl (C=O) groups is 2. The first-order valence-electron chi connectivity index (χ1n) is 6.17. The summed E-state index contributed by atoms with van der Waals surface area (Å²) < 4.78 is 5.49. The van der Waals surface area contributed by atoms with Crippen molar-refractivity contribution in [2.45, 2.75) is 25.0 Å². The molecule has 5 N–H and O–H groups in total. The Morgan fingerprint density at radius 1 is 1.32 bits per heavy atom. The number of amides is 2. The van der Waals surface area contributed by atoms with Gasteiger partial charge in [0.1, 0.15) is 6.10 Å². The average Bonchev–Trinajstić information content (AvgIpc) is 2.88. The molecule has 1 aliphatic heterocycles. The van der Waals surface area contributed by atoms with Crippen LogP contribution in [-0.4, -0.2) is 30.6 Å². The summed E-state index contributed by atoms with van der Waals surface area (Å²) in [6.07, 6.45) is 0.815. The fourth-order valence-electron chi connectivity index (χ4n) is 2.09. The van der Waals surface area contributed by atoms with Crippen molar-refractivity contribution < 1.29 is 14.3 Å². The minimum Gasteiger partial charge on any atom is -0.366 e. The highest BCUT2D eigenvalue weighted by atomic mass is 16.5. The van der Waals surface area contributed by atoms with Gasteiger partial charge in [-0.1, -0.05) is 12.1 Å². The Labute approximate surface area is 111 Å². The van der Waals surface area contributed by atoms with Crippen molar-refractivity contribution in [2.75, 3.05) is 11.9 Å². The number of hydrogen-bond acceptors (Lipinski definition) is 4. The molecule has 2 atom stereocenters. The summed E-state index contributed by atoms with van der Waals surface area (Å²) in [6.45, 7) is 0.404. The maximum atomic E-state index is 12.0. The first kappa shape index (κ1) is 13.5. The van der Waals surface area contributed by atoms with Crippen LogP contribution in [-0.2, 0) is 9.53 Å². The molecule has 0 radical (unpaired) electrons. The van der Waals surface area contributed by atoms with Crippen molar-refractivity contribution >= 4 is 17.5 Å². The van der Waals surface area contributed by atoms with Crippen LogP contribution in [0, 0.1) is 0 Å². The number of rotatable bonds is 4. The lowest BCUT2D eigenvalue weighted by Gasteiger charge is -2.14. The van der Waals surface area contributed by atoms with Gasteiger partial charge < -0.3 is 21.5 Å². The van der Waals surface area contributed by atoms with E-state index in [1.54, 1.807) is 24.3 Å². The second-order valence-electron chi connectivity index (χ2n) is 4.46. The Hall–Kier alpha value is -1.92. The molecule has 0 aromatic heterocycles. The molecule has 19 heavy (non-hydrogen) atoms. The van der Waals surface area contributed by atoms with E-state index >= 15 is 0 Å². The number of ether oxygens (including phenoxy) is 1. The van der Waals surface area contributed by atoms with Gasteiger partial charge in [0.2, 0.25) is 0 Å². The van der Waals surface area contributed by atoms with Gasteiger partial charge in [-0.15, -0.1) is 0 Å². The first-order valence-corrected chi connectivity index (χ1v) is 6.17. The molecule has 102 valence electrons. The van der Waals surface area contributed by atoms with Crippen LogP contribution in [0.15, 0.2) is 24.3 Å². The summed E-state index contributed by atoms with van der Waals surface area (Å²) in [5, 5.41) is 2.67. The fourth-order valence-corrected chi connectivity index (χ4v) is 2.09. The number of para-hydroxylation sites is 1. The van der Waals surface area contributed by atoms with Crippen molar-refractivity contribution in [1.82, 2.24) is 0 Å². The van der Waals surface area contributed by atoms with E-state index in [1.165, 1.54) is 0 Å². The topological polar surface area (TPSA) is 107 Å². The minimum absolute atomic E-state index is 0.0675. The van der Waals surface area contributed by atoms with Gasteiger partial charge in [-0.05, 0) is 25.0 Å². The zero-order valence-corrected chi connectivity index (χ0v) is 10.5. The maximum Gasteiger partial charge on any atom is 0.253 e. The van der Waals surface area contributed by atoms with E-state index in [0.29, 0.717) is 18.7 Å². The fraction of sp³-hybridized carbons (Fsp3) is 0.385. The average molecular weight is 263 g/mol. The van der Waals surface area contributed by atoms with E-state index in [1.807, 2.05) is 0 Å². The Morgan fingerprint density at radius 2 is 2.05 bits per heavy atom. The van der Waals surface area contributed by atoms with Crippen LogP contribution in [0.5, 0.6) is 0 Å². The van der Waals surface area contributed by atoms with E-state index in [2.05, 4.69) is 5.32 Å². The molecule has 2 rings (SSSR count). The summed E-state index contributed by atoms with van der Waals surface area (Å²) >= 11 is 0. The highest BCUT2D eigenvalue weighted by Crippen LogP contribution is 2.21. The molecule has 2 amide bonds. The van der Waals surface area contributed by atoms with Crippen LogP contribution in [0.2, 0.25) is 0 Å². The van der Waals surface area contributed by atoms with Crippen LogP contribution >= 0.6 is 0 Å². The summed E-state index contributed by atoms with van der Waals surface area (Å²) in [5.41, 5.74) is 11.4. The maximum absolute atomic E-state index is 12.0. The summed E-state index contributed by atoms with van der Waals surface area (Å²) in [6, 6.07) is 6.61. The number of primary amides is 1. The van der Waals surface area contributed by atoms with Gasteiger partial charge in [0.25, 0.3) is 11.8 Å². The molecule has 1 fully saturated rings. The third-order valence-electron chi connectivity index (χ3n) is 3.11. The Kier molecular flexibility index (Phi) is 4.13. The number of hydrogen-bond donors (Lipinski definition) is 3. The van der Waals surface area contributed by atoms with Gasteiger partial charge in [0.05, 0.1) is 17.4 Å². The van der Waals surface area contributed by atoms with E-state index in [9.17, 15) is 9.59 Å². The van der Waals surface area contributed by atoms with E-state index in [-0.39, 0.29) is 17.6 Å².